The Balaban J connectivity index is 1.66. The summed E-state index contributed by atoms with van der Waals surface area (Å²) in [6.07, 6.45) is -4.55. The van der Waals surface area contributed by atoms with Crippen LogP contribution in [0.1, 0.15) is 41.7 Å². The van der Waals surface area contributed by atoms with Crippen LogP contribution in [0.5, 0.6) is 0 Å². The van der Waals surface area contributed by atoms with E-state index in [2.05, 4.69) is 16.0 Å². The molecular formula is C23H26F3N3O2. The van der Waals surface area contributed by atoms with Crippen LogP contribution in [0.25, 0.3) is 0 Å². The Kier molecular flexibility index (Phi) is 6.20. The summed E-state index contributed by atoms with van der Waals surface area (Å²) in [4.78, 5) is 12.6. The van der Waals surface area contributed by atoms with Crippen LogP contribution in [0.3, 0.4) is 0 Å². The molecule has 0 aromatic heterocycles. The zero-order valence-electron chi connectivity index (χ0n) is 17.2. The summed E-state index contributed by atoms with van der Waals surface area (Å²) >= 11 is 0. The first-order valence-electron chi connectivity index (χ1n) is 10.5. The number of anilines is 1. The highest BCUT2D eigenvalue weighted by Crippen LogP contribution is 2.51. The molecule has 0 saturated carbocycles. The van der Waals surface area contributed by atoms with Gasteiger partial charge in [0.25, 0.3) is 0 Å². The summed E-state index contributed by atoms with van der Waals surface area (Å²) in [6.45, 7) is 1.09. The Morgan fingerprint density at radius 2 is 1.90 bits per heavy atom. The highest BCUT2D eigenvalue weighted by molar-refractivity contribution is 5.81. The molecule has 2 aliphatic rings. The lowest BCUT2D eigenvalue weighted by atomic mass is 9.76. The van der Waals surface area contributed by atoms with Gasteiger partial charge in [0.2, 0.25) is 5.91 Å². The minimum atomic E-state index is -4.45. The maximum Gasteiger partial charge on any atom is 0.416 e. The molecule has 5 nitrogen and oxygen atoms in total. The van der Waals surface area contributed by atoms with Gasteiger partial charge in [-0.2, -0.15) is 13.2 Å². The van der Waals surface area contributed by atoms with Crippen molar-refractivity contribution in [2.75, 3.05) is 25.5 Å². The monoisotopic (exact) mass is 433 g/mol. The van der Waals surface area contributed by atoms with Crippen molar-refractivity contribution >= 4 is 11.6 Å². The first-order chi connectivity index (χ1) is 14.9. The lowest BCUT2D eigenvalue weighted by molar-refractivity contribution is -0.149. The second kappa shape index (κ2) is 8.88. The number of carbonyl (C=O) groups is 1. The van der Waals surface area contributed by atoms with E-state index in [1.54, 1.807) is 7.05 Å². The summed E-state index contributed by atoms with van der Waals surface area (Å²) < 4.78 is 46.3. The highest BCUT2D eigenvalue weighted by Gasteiger charge is 2.44. The van der Waals surface area contributed by atoms with Gasteiger partial charge >= 0.3 is 6.18 Å². The van der Waals surface area contributed by atoms with Gasteiger partial charge in [-0.1, -0.05) is 30.3 Å². The van der Waals surface area contributed by atoms with Crippen LogP contribution in [0.2, 0.25) is 0 Å². The molecule has 1 amide bonds. The molecule has 3 N–H and O–H groups in total. The van der Waals surface area contributed by atoms with Crippen LogP contribution in [-0.2, 0) is 15.7 Å². The fourth-order valence-electron chi connectivity index (χ4n) is 4.48. The zero-order chi connectivity index (χ0) is 22.0. The first kappa shape index (κ1) is 21.6. The van der Waals surface area contributed by atoms with Crippen molar-refractivity contribution in [3.8, 4) is 0 Å². The smallest absolute Gasteiger partial charge is 0.378 e. The van der Waals surface area contributed by atoms with Gasteiger partial charge in [0.1, 0.15) is 6.10 Å². The predicted octanol–water partition coefficient (Wildman–Crippen LogP) is 4.04. The first-order valence-corrected chi connectivity index (χ1v) is 10.5. The van der Waals surface area contributed by atoms with E-state index >= 15 is 0 Å². The SMILES string of the molecule is CNCCNC(=O)[C@H]1CC[C@@H]2[C@H](O1)c1cc(C(F)(F)F)ccc1N[C@H]2c1ccccc1. The minimum absolute atomic E-state index is 0.0836. The number of ether oxygens (including phenoxy) is 1. The Labute approximate surface area is 179 Å². The molecule has 2 heterocycles. The van der Waals surface area contributed by atoms with Gasteiger partial charge in [-0.15, -0.1) is 0 Å². The number of hydrogen-bond donors (Lipinski definition) is 3. The topological polar surface area (TPSA) is 62.4 Å². The van der Waals surface area contributed by atoms with Crippen LogP contribution in [0, 0.1) is 5.92 Å². The minimum Gasteiger partial charge on any atom is -0.378 e. The molecule has 2 aliphatic heterocycles. The van der Waals surface area contributed by atoms with Gasteiger partial charge in [-0.25, -0.2) is 0 Å². The van der Waals surface area contributed by atoms with Gasteiger partial charge in [-0.05, 0) is 43.7 Å². The van der Waals surface area contributed by atoms with Crippen molar-refractivity contribution < 1.29 is 22.7 Å². The molecule has 0 radical (unpaired) electrons. The van der Waals surface area contributed by atoms with E-state index in [-0.39, 0.29) is 17.9 Å². The molecular weight excluding hydrogens is 407 g/mol. The Bertz CT molecular complexity index is 920. The fraction of sp³-hybridized carbons (Fsp3) is 0.435. The van der Waals surface area contributed by atoms with Gasteiger partial charge in [0.15, 0.2) is 0 Å². The maximum absolute atomic E-state index is 13.4. The summed E-state index contributed by atoms with van der Waals surface area (Å²) in [5, 5.41) is 9.21. The van der Waals surface area contributed by atoms with Crippen LogP contribution in [-0.4, -0.2) is 32.1 Å². The number of alkyl halides is 3. The van der Waals surface area contributed by atoms with Gasteiger partial charge in [-0.3, -0.25) is 4.79 Å². The standard InChI is InChI=1S/C23H26F3N3O2/c1-27-11-12-28-22(30)19-10-8-16-20(14-5-3-2-4-6-14)29-18-9-7-15(23(24,25)26)13-17(18)21(16)31-19/h2-7,9,13,16,19-21,27,29H,8,10-12H2,1H3,(H,28,30)/t16-,19+,20-,21-/m0/s1. The Hall–Kier alpha value is -2.58. The molecule has 0 unspecified atom stereocenters. The number of nitrogens with one attached hydrogen (secondary N) is 3. The second-order valence-corrected chi connectivity index (χ2v) is 8.01. The van der Waals surface area contributed by atoms with Crippen LogP contribution < -0.4 is 16.0 Å². The van der Waals surface area contributed by atoms with Crippen molar-refractivity contribution in [2.24, 2.45) is 5.92 Å². The fourth-order valence-corrected chi connectivity index (χ4v) is 4.48. The molecule has 1 saturated heterocycles. The van der Waals surface area contributed by atoms with E-state index in [1.807, 2.05) is 30.3 Å². The molecule has 2 aromatic carbocycles. The van der Waals surface area contributed by atoms with Crippen molar-refractivity contribution in [3.05, 3.63) is 65.2 Å². The third-order valence-corrected chi connectivity index (χ3v) is 6.01. The largest absolute Gasteiger partial charge is 0.416 e. The molecule has 8 heteroatoms. The molecule has 0 spiro atoms. The second-order valence-electron chi connectivity index (χ2n) is 8.01. The molecule has 166 valence electrons. The number of amides is 1. The molecule has 31 heavy (non-hydrogen) atoms. The zero-order valence-corrected chi connectivity index (χ0v) is 17.2. The summed E-state index contributed by atoms with van der Waals surface area (Å²) in [5.41, 5.74) is 1.40. The van der Waals surface area contributed by atoms with Gasteiger partial charge in [0.05, 0.1) is 17.7 Å². The number of halogens is 3. The van der Waals surface area contributed by atoms with Crippen LogP contribution >= 0.6 is 0 Å². The van der Waals surface area contributed by atoms with E-state index in [4.69, 9.17) is 4.74 Å². The number of rotatable bonds is 5. The number of carbonyl (C=O) groups excluding carboxylic acids is 1. The summed E-state index contributed by atoms with van der Waals surface area (Å²) in [7, 11) is 1.79. The maximum atomic E-state index is 13.4. The Morgan fingerprint density at radius 1 is 1.13 bits per heavy atom. The van der Waals surface area contributed by atoms with E-state index in [0.717, 1.165) is 17.7 Å². The van der Waals surface area contributed by atoms with Crippen LogP contribution in [0.4, 0.5) is 18.9 Å². The van der Waals surface area contributed by atoms with E-state index in [1.165, 1.54) is 6.07 Å². The average Bonchev–Trinajstić information content (AvgIpc) is 2.78. The van der Waals surface area contributed by atoms with Crippen molar-refractivity contribution in [1.29, 1.82) is 0 Å². The highest BCUT2D eigenvalue weighted by atomic mass is 19.4. The van der Waals surface area contributed by atoms with Gasteiger partial charge < -0.3 is 20.7 Å². The van der Waals surface area contributed by atoms with Crippen LogP contribution in [0.15, 0.2) is 48.5 Å². The number of hydrogen-bond acceptors (Lipinski definition) is 4. The van der Waals surface area contributed by atoms with Crippen molar-refractivity contribution in [1.82, 2.24) is 10.6 Å². The number of fused-ring (bicyclic) bond motifs is 3. The quantitative estimate of drug-likeness (QED) is 0.623. The van der Waals surface area contributed by atoms with E-state index in [9.17, 15) is 18.0 Å². The third kappa shape index (κ3) is 4.55. The average molecular weight is 433 g/mol. The molecule has 0 bridgehead atoms. The Morgan fingerprint density at radius 3 is 2.61 bits per heavy atom. The number of likely N-dealkylation sites (N-methyl/N-ethyl adjacent to an activating group) is 1. The third-order valence-electron chi connectivity index (χ3n) is 6.01. The summed E-state index contributed by atoms with van der Waals surface area (Å²) in [5.74, 6) is -0.309. The summed E-state index contributed by atoms with van der Waals surface area (Å²) in [6, 6.07) is 13.4. The predicted molar refractivity (Wildman–Crippen MR) is 112 cm³/mol. The molecule has 2 aromatic rings. The van der Waals surface area contributed by atoms with E-state index < -0.39 is 23.9 Å². The lowest BCUT2D eigenvalue weighted by Gasteiger charge is -2.45. The molecule has 4 atom stereocenters. The number of benzene rings is 2. The normalized spacial score (nSPS) is 25.2. The van der Waals surface area contributed by atoms with E-state index in [0.29, 0.717) is 37.2 Å². The molecule has 4 rings (SSSR count). The van der Waals surface area contributed by atoms with Gasteiger partial charge in [0, 0.05) is 30.3 Å². The molecule has 1 fully saturated rings. The lowest BCUT2D eigenvalue weighted by Crippen LogP contribution is -2.46. The van der Waals surface area contributed by atoms with Crippen molar-refractivity contribution in [3.63, 3.8) is 0 Å². The van der Waals surface area contributed by atoms with Crippen molar-refractivity contribution in [2.45, 2.75) is 37.3 Å². The molecule has 0 aliphatic carbocycles.